The minimum absolute atomic E-state index is 0.0123. The van der Waals surface area contributed by atoms with E-state index in [0.717, 1.165) is 5.69 Å². The number of anilines is 1. The van der Waals surface area contributed by atoms with Gasteiger partial charge in [-0.2, -0.15) is 0 Å². The van der Waals surface area contributed by atoms with Gasteiger partial charge in [0.2, 0.25) is 0 Å². The second-order valence-electron chi connectivity index (χ2n) is 6.36. The highest BCUT2D eigenvalue weighted by Crippen LogP contribution is 2.22. The van der Waals surface area contributed by atoms with E-state index in [-0.39, 0.29) is 29.6 Å². The van der Waals surface area contributed by atoms with Gasteiger partial charge >= 0.3 is 0 Å². The first-order valence-electron chi connectivity index (χ1n) is 8.32. The second kappa shape index (κ2) is 8.55. The summed E-state index contributed by atoms with van der Waals surface area (Å²) in [5.41, 5.74) is 6.67. The van der Waals surface area contributed by atoms with Crippen molar-refractivity contribution in [2.24, 2.45) is 5.73 Å². The van der Waals surface area contributed by atoms with E-state index in [1.807, 2.05) is 31.0 Å². The van der Waals surface area contributed by atoms with Crippen LogP contribution in [0.3, 0.4) is 0 Å². The number of likely N-dealkylation sites (N-methyl/N-ethyl adjacent to an activating group) is 1. The highest BCUT2D eigenvalue weighted by atomic mass is 16.3. The fraction of sp³-hybridized carbons (Fsp3) is 0.316. The van der Waals surface area contributed by atoms with Crippen molar-refractivity contribution in [1.29, 1.82) is 0 Å². The Balaban J connectivity index is 1.90. The number of phenolic OH excluding ortho intramolecular Hbond substituents is 1. The van der Waals surface area contributed by atoms with Crippen LogP contribution in [0.5, 0.6) is 11.5 Å². The zero-order valence-electron chi connectivity index (χ0n) is 14.9. The van der Waals surface area contributed by atoms with E-state index in [0.29, 0.717) is 12.1 Å². The van der Waals surface area contributed by atoms with Crippen LogP contribution in [-0.2, 0) is 0 Å². The highest BCUT2D eigenvalue weighted by Gasteiger charge is 2.15. The van der Waals surface area contributed by atoms with Gasteiger partial charge in [-0.15, -0.1) is 0 Å². The molecule has 0 aliphatic heterocycles. The molecule has 0 aliphatic rings. The third kappa shape index (κ3) is 5.11. The number of aromatic hydroxyl groups is 2. The van der Waals surface area contributed by atoms with E-state index in [1.54, 1.807) is 18.2 Å². The van der Waals surface area contributed by atoms with E-state index in [2.05, 4.69) is 5.32 Å². The predicted molar refractivity (Wildman–Crippen MR) is 100 cm³/mol. The topological polar surface area (TPSA) is 119 Å². The van der Waals surface area contributed by atoms with Gasteiger partial charge in [-0.05, 0) is 48.9 Å². The number of carbonyl (C=O) groups excluding carboxylic acids is 1. The Morgan fingerprint density at radius 3 is 2.46 bits per heavy atom. The molecule has 0 saturated carbocycles. The molecule has 26 heavy (non-hydrogen) atoms. The molecule has 7 nitrogen and oxygen atoms in total. The molecule has 6 N–H and O–H groups in total. The summed E-state index contributed by atoms with van der Waals surface area (Å²) in [6, 6.07) is 11.3. The first kappa shape index (κ1) is 19.6. The minimum Gasteiger partial charge on any atom is -0.508 e. The lowest BCUT2D eigenvalue weighted by Crippen LogP contribution is -2.39. The Hall–Kier alpha value is -2.77. The molecular formula is C19H25N3O4. The summed E-state index contributed by atoms with van der Waals surface area (Å²) in [4.78, 5) is 13.3. The Labute approximate surface area is 152 Å². The van der Waals surface area contributed by atoms with E-state index in [9.17, 15) is 20.1 Å². The lowest BCUT2D eigenvalue weighted by Gasteiger charge is -2.25. The van der Waals surface area contributed by atoms with Gasteiger partial charge in [0.05, 0.1) is 11.7 Å². The SMILES string of the molecule is CC(CN(C)c1ccc(O)cc1)NCC(O)c1ccc(O)c(C(N)=O)c1. The number of primary amides is 1. The molecule has 2 aromatic carbocycles. The summed E-state index contributed by atoms with van der Waals surface area (Å²) in [6.45, 7) is 2.97. The molecular weight excluding hydrogens is 334 g/mol. The average Bonchev–Trinajstić information content (AvgIpc) is 2.60. The molecule has 140 valence electrons. The fourth-order valence-corrected chi connectivity index (χ4v) is 2.68. The molecule has 1 amide bonds. The number of phenols is 2. The lowest BCUT2D eigenvalue weighted by atomic mass is 10.0. The van der Waals surface area contributed by atoms with E-state index in [1.165, 1.54) is 12.1 Å². The van der Waals surface area contributed by atoms with Crippen LogP contribution in [0, 0.1) is 0 Å². The van der Waals surface area contributed by atoms with Crippen LogP contribution in [0.1, 0.15) is 28.9 Å². The molecule has 0 spiro atoms. The average molecular weight is 359 g/mol. The van der Waals surface area contributed by atoms with Crippen LogP contribution in [-0.4, -0.2) is 47.4 Å². The maximum absolute atomic E-state index is 11.3. The molecule has 0 saturated heterocycles. The minimum atomic E-state index is -0.838. The van der Waals surface area contributed by atoms with Crippen molar-refractivity contribution in [1.82, 2.24) is 5.32 Å². The van der Waals surface area contributed by atoms with Crippen molar-refractivity contribution < 1.29 is 20.1 Å². The van der Waals surface area contributed by atoms with Gasteiger partial charge in [0, 0.05) is 31.9 Å². The Bertz CT molecular complexity index is 749. The van der Waals surface area contributed by atoms with Crippen molar-refractivity contribution in [2.75, 3.05) is 25.0 Å². The van der Waals surface area contributed by atoms with Crippen molar-refractivity contribution in [3.8, 4) is 11.5 Å². The van der Waals surface area contributed by atoms with Crippen LogP contribution >= 0.6 is 0 Å². The van der Waals surface area contributed by atoms with Crippen LogP contribution in [0.15, 0.2) is 42.5 Å². The number of hydrogen-bond donors (Lipinski definition) is 5. The molecule has 0 aromatic heterocycles. The van der Waals surface area contributed by atoms with Gasteiger partial charge in [-0.25, -0.2) is 0 Å². The second-order valence-corrected chi connectivity index (χ2v) is 6.36. The quantitative estimate of drug-likeness (QED) is 0.485. The first-order chi connectivity index (χ1) is 12.3. The first-order valence-corrected chi connectivity index (χ1v) is 8.32. The Kier molecular flexibility index (Phi) is 6.43. The van der Waals surface area contributed by atoms with Gasteiger partial charge in [0.25, 0.3) is 5.91 Å². The third-order valence-electron chi connectivity index (χ3n) is 4.17. The number of carbonyl (C=O) groups is 1. The molecule has 2 unspecified atom stereocenters. The summed E-state index contributed by atoms with van der Waals surface area (Å²) in [5, 5.41) is 32.5. The Morgan fingerprint density at radius 2 is 1.85 bits per heavy atom. The summed E-state index contributed by atoms with van der Waals surface area (Å²) in [7, 11) is 1.94. The largest absolute Gasteiger partial charge is 0.508 e. The van der Waals surface area contributed by atoms with Crippen molar-refractivity contribution in [3.05, 3.63) is 53.6 Å². The lowest BCUT2D eigenvalue weighted by molar-refractivity contribution is 0.0997. The summed E-state index contributed by atoms with van der Waals surface area (Å²) >= 11 is 0. The number of nitrogens with two attached hydrogens (primary N) is 1. The van der Waals surface area contributed by atoms with Gasteiger partial charge in [0.15, 0.2) is 0 Å². The molecule has 7 heteroatoms. The monoisotopic (exact) mass is 359 g/mol. The summed E-state index contributed by atoms with van der Waals surface area (Å²) in [6.07, 6.45) is -0.838. The van der Waals surface area contributed by atoms with Crippen LogP contribution in [0.4, 0.5) is 5.69 Å². The maximum Gasteiger partial charge on any atom is 0.252 e. The van der Waals surface area contributed by atoms with Gasteiger partial charge in [-0.1, -0.05) is 6.07 Å². The zero-order chi connectivity index (χ0) is 19.3. The molecule has 0 radical (unpaired) electrons. The molecule has 2 atom stereocenters. The number of aliphatic hydroxyl groups excluding tert-OH is 1. The smallest absolute Gasteiger partial charge is 0.252 e. The maximum atomic E-state index is 11.3. The van der Waals surface area contributed by atoms with Gasteiger partial charge in [-0.3, -0.25) is 4.79 Å². The Morgan fingerprint density at radius 1 is 1.19 bits per heavy atom. The van der Waals surface area contributed by atoms with Crippen LogP contribution < -0.4 is 16.0 Å². The summed E-state index contributed by atoms with van der Waals surface area (Å²) in [5.74, 6) is -0.723. The van der Waals surface area contributed by atoms with Crippen molar-refractivity contribution >= 4 is 11.6 Å². The zero-order valence-corrected chi connectivity index (χ0v) is 14.9. The van der Waals surface area contributed by atoms with Crippen LogP contribution in [0.25, 0.3) is 0 Å². The number of benzene rings is 2. The molecule has 0 fully saturated rings. The van der Waals surface area contributed by atoms with Crippen molar-refractivity contribution in [2.45, 2.75) is 19.1 Å². The molecule has 0 bridgehead atoms. The van der Waals surface area contributed by atoms with Crippen LogP contribution in [0.2, 0.25) is 0 Å². The highest BCUT2D eigenvalue weighted by molar-refractivity contribution is 5.95. The number of amides is 1. The predicted octanol–water partition coefficient (Wildman–Crippen LogP) is 1.34. The summed E-state index contributed by atoms with van der Waals surface area (Å²) < 4.78 is 0. The van der Waals surface area contributed by atoms with Gasteiger partial charge in [0.1, 0.15) is 11.5 Å². The number of hydrogen-bond acceptors (Lipinski definition) is 6. The van der Waals surface area contributed by atoms with Gasteiger partial charge < -0.3 is 31.3 Å². The number of nitrogens with zero attached hydrogens (tertiary/aromatic N) is 1. The van der Waals surface area contributed by atoms with E-state index in [4.69, 9.17) is 5.73 Å². The number of rotatable bonds is 8. The third-order valence-corrected chi connectivity index (χ3v) is 4.17. The molecule has 2 aromatic rings. The fourth-order valence-electron chi connectivity index (χ4n) is 2.68. The van der Waals surface area contributed by atoms with Crippen molar-refractivity contribution in [3.63, 3.8) is 0 Å². The molecule has 2 rings (SSSR count). The molecule has 0 heterocycles. The number of nitrogens with one attached hydrogen (secondary N) is 1. The standard InChI is InChI=1S/C19H25N3O4/c1-12(11-22(2)14-4-6-15(23)7-5-14)21-10-18(25)13-3-8-17(24)16(9-13)19(20)26/h3-9,12,18,21,23-25H,10-11H2,1-2H3,(H2,20,26). The normalized spacial score (nSPS) is 13.2. The molecule has 0 aliphatic carbocycles. The van der Waals surface area contributed by atoms with E-state index >= 15 is 0 Å². The number of aliphatic hydroxyl groups is 1. The van der Waals surface area contributed by atoms with E-state index < -0.39 is 12.0 Å².